The summed E-state index contributed by atoms with van der Waals surface area (Å²) in [5.41, 5.74) is 2.66. The lowest BCUT2D eigenvalue weighted by Gasteiger charge is -2.08. The number of hydrogen-bond acceptors (Lipinski definition) is 4. The summed E-state index contributed by atoms with van der Waals surface area (Å²) in [6, 6.07) is 12.4. The number of benzene rings is 2. The van der Waals surface area contributed by atoms with Crippen LogP contribution in [-0.4, -0.2) is 26.1 Å². The Morgan fingerprint density at radius 3 is 2.58 bits per heavy atom. The molecule has 0 bridgehead atoms. The summed E-state index contributed by atoms with van der Waals surface area (Å²) in [6.45, 7) is 1.85. The number of hydrogen-bond donors (Lipinski definition) is 1. The fraction of sp³-hybridized carbons (Fsp3) is 0.158. The molecule has 5 heteroatoms. The molecule has 0 aliphatic carbocycles. The second-order valence-corrected chi connectivity index (χ2v) is 5.12. The average Bonchev–Trinajstić information content (AvgIpc) is 2.61. The zero-order chi connectivity index (χ0) is 17.5. The zero-order valence-electron chi connectivity index (χ0n) is 13.8. The lowest BCUT2D eigenvalue weighted by molar-refractivity contribution is -0.111. The predicted octanol–water partition coefficient (Wildman–Crippen LogP) is 3.44. The van der Waals surface area contributed by atoms with E-state index in [1.807, 2.05) is 31.2 Å². The molecule has 0 fully saturated rings. The Morgan fingerprint density at radius 2 is 1.88 bits per heavy atom. The van der Waals surface area contributed by atoms with Crippen LogP contribution < -0.4 is 10.1 Å². The van der Waals surface area contributed by atoms with E-state index >= 15 is 0 Å². The van der Waals surface area contributed by atoms with Gasteiger partial charge in [0.05, 0.1) is 19.8 Å². The molecule has 24 heavy (non-hydrogen) atoms. The number of carbonyl (C=O) groups is 2. The van der Waals surface area contributed by atoms with Crippen molar-refractivity contribution in [1.29, 1.82) is 0 Å². The maximum Gasteiger partial charge on any atom is 0.337 e. The van der Waals surface area contributed by atoms with Crippen molar-refractivity contribution in [3.8, 4) is 5.75 Å². The van der Waals surface area contributed by atoms with Crippen LogP contribution in [0.15, 0.2) is 48.5 Å². The van der Waals surface area contributed by atoms with Gasteiger partial charge in [-0.3, -0.25) is 4.79 Å². The maximum absolute atomic E-state index is 12.1. The normalized spacial score (nSPS) is 10.5. The van der Waals surface area contributed by atoms with Crippen molar-refractivity contribution >= 4 is 23.6 Å². The number of carbonyl (C=O) groups excluding carboxylic acids is 2. The molecule has 0 radical (unpaired) electrons. The summed E-state index contributed by atoms with van der Waals surface area (Å²) in [5, 5.41) is 2.76. The van der Waals surface area contributed by atoms with Gasteiger partial charge in [0, 0.05) is 11.8 Å². The minimum absolute atomic E-state index is 0.289. The van der Waals surface area contributed by atoms with Gasteiger partial charge in [-0.25, -0.2) is 4.79 Å². The number of aryl methyl sites for hydroxylation is 1. The second kappa shape index (κ2) is 7.97. The summed E-state index contributed by atoms with van der Waals surface area (Å²) in [6.07, 6.45) is 3.12. The Hall–Kier alpha value is -3.08. The molecule has 1 N–H and O–H groups in total. The Bertz CT molecular complexity index is 781. The molecule has 0 unspecified atom stereocenters. The van der Waals surface area contributed by atoms with Crippen LogP contribution in [0.3, 0.4) is 0 Å². The summed E-state index contributed by atoms with van der Waals surface area (Å²) in [5.74, 6) is -0.0143. The van der Waals surface area contributed by atoms with Gasteiger partial charge in [0.2, 0.25) is 5.91 Å². The van der Waals surface area contributed by atoms with Crippen molar-refractivity contribution in [2.75, 3.05) is 19.5 Å². The molecule has 0 aliphatic heterocycles. The molecule has 0 atom stereocenters. The van der Waals surface area contributed by atoms with E-state index in [2.05, 4.69) is 10.1 Å². The van der Waals surface area contributed by atoms with Crippen molar-refractivity contribution in [3.63, 3.8) is 0 Å². The molecule has 0 heterocycles. The summed E-state index contributed by atoms with van der Waals surface area (Å²) < 4.78 is 9.83. The fourth-order valence-electron chi connectivity index (χ4n) is 2.09. The van der Waals surface area contributed by atoms with Crippen molar-refractivity contribution < 1.29 is 19.1 Å². The SMILES string of the molecule is COC(=O)c1ccc(C)c(NC(=O)/C=C/c2cccc(OC)c2)c1. The van der Waals surface area contributed by atoms with Crippen LogP contribution in [0.2, 0.25) is 0 Å². The van der Waals surface area contributed by atoms with E-state index in [0.717, 1.165) is 16.9 Å². The number of rotatable bonds is 5. The molecule has 124 valence electrons. The van der Waals surface area contributed by atoms with Gasteiger partial charge in [-0.05, 0) is 48.4 Å². The first-order valence-electron chi connectivity index (χ1n) is 7.35. The minimum Gasteiger partial charge on any atom is -0.497 e. The van der Waals surface area contributed by atoms with Crippen LogP contribution in [0.5, 0.6) is 5.75 Å². The molecule has 2 aromatic carbocycles. The number of amides is 1. The van der Waals surface area contributed by atoms with Crippen LogP contribution in [0.1, 0.15) is 21.5 Å². The fourth-order valence-corrected chi connectivity index (χ4v) is 2.09. The Kier molecular flexibility index (Phi) is 5.73. The van der Waals surface area contributed by atoms with E-state index in [9.17, 15) is 9.59 Å². The molecule has 0 spiro atoms. The molecule has 1 amide bonds. The highest BCUT2D eigenvalue weighted by atomic mass is 16.5. The first kappa shape index (κ1) is 17.3. The van der Waals surface area contributed by atoms with Crippen LogP contribution in [-0.2, 0) is 9.53 Å². The highest BCUT2D eigenvalue weighted by molar-refractivity contribution is 6.03. The second-order valence-electron chi connectivity index (χ2n) is 5.12. The van der Waals surface area contributed by atoms with E-state index in [1.165, 1.54) is 13.2 Å². The van der Waals surface area contributed by atoms with Crippen molar-refractivity contribution in [2.45, 2.75) is 6.92 Å². The van der Waals surface area contributed by atoms with Crippen LogP contribution in [0.25, 0.3) is 6.08 Å². The minimum atomic E-state index is -0.447. The van der Waals surface area contributed by atoms with E-state index in [1.54, 1.807) is 31.4 Å². The average molecular weight is 325 g/mol. The molecule has 2 rings (SSSR count). The van der Waals surface area contributed by atoms with E-state index in [4.69, 9.17) is 4.74 Å². The Labute approximate surface area is 140 Å². The molecule has 2 aromatic rings. The van der Waals surface area contributed by atoms with Crippen molar-refractivity contribution in [3.05, 3.63) is 65.2 Å². The summed E-state index contributed by atoms with van der Waals surface area (Å²) in [4.78, 5) is 23.7. The number of nitrogens with one attached hydrogen (secondary N) is 1. The van der Waals surface area contributed by atoms with Crippen LogP contribution in [0.4, 0.5) is 5.69 Å². The molecule has 0 aromatic heterocycles. The zero-order valence-corrected chi connectivity index (χ0v) is 13.8. The molecule has 0 saturated heterocycles. The van der Waals surface area contributed by atoms with Gasteiger partial charge in [0.1, 0.15) is 5.75 Å². The topological polar surface area (TPSA) is 64.6 Å². The van der Waals surface area contributed by atoms with Gasteiger partial charge in [0.25, 0.3) is 0 Å². The third-order valence-corrected chi connectivity index (χ3v) is 3.44. The van der Waals surface area contributed by atoms with Crippen LogP contribution >= 0.6 is 0 Å². The molecular weight excluding hydrogens is 306 g/mol. The first-order chi connectivity index (χ1) is 11.5. The quantitative estimate of drug-likeness (QED) is 0.675. The smallest absolute Gasteiger partial charge is 0.337 e. The summed E-state index contributed by atoms with van der Waals surface area (Å²) in [7, 11) is 2.91. The van der Waals surface area contributed by atoms with E-state index in [0.29, 0.717) is 11.3 Å². The van der Waals surface area contributed by atoms with Crippen molar-refractivity contribution in [2.24, 2.45) is 0 Å². The maximum atomic E-state index is 12.1. The van der Waals surface area contributed by atoms with Gasteiger partial charge in [-0.2, -0.15) is 0 Å². The lowest BCUT2D eigenvalue weighted by atomic mass is 10.1. The number of anilines is 1. The van der Waals surface area contributed by atoms with Crippen LogP contribution in [0, 0.1) is 6.92 Å². The largest absolute Gasteiger partial charge is 0.497 e. The third kappa shape index (κ3) is 4.46. The lowest BCUT2D eigenvalue weighted by Crippen LogP contribution is -2.10. The molecule has 0 aliphatic rings. The third-order valence-electron chi connectivity index (χ3n) is 3.44. The monoisotopic (exact) mass is 325 g/mol. The van der Waals surface area contributed by atoms with Gasteiger partial charge in [-0.15, -0.1) is 0 Å². The molecule has 5 nitrogen and oxygen atoms in total. The number of methoxy groups -OCH3 is 2. The number of ether oxygens (including phenoxy) is 2. The Morgan fingerprint density at radius 1 is 1.08 bits per heavy atom. The van der Waals surface area contributed by atoms with E-state index in [-0.39, 0.29) is 5.91 Å². The van der Waals surface area contributed by atoms with Crippen molar-refractivity contribution in [1.82, 2.24) is 0 Å². The van der Waals surface area contributed by atoms with Gasteiger partial charge in [-0.1, -0.05) is 18.2 Å². The highest BCUT2D eigenvalue weighted by Gasteiger charge is 2.09. The highest BCUT2D eigenvalue weighted by Crippen LogP contribution is 2.18. The van der Waals surface area contributed by atoms with Gasteiger partial charge in [0.15, 0.2) is 0 Å². The standard InChI is InChI=1S/C19H19NO4/c1-13-7-9-15(19(22)24-3)12-17(13)20-18(21)10-8-14-5-4-6-16(11-14)23-2/h4-12H,1-3H3,(H,20,21)/b10-8+. The molecular formula is C19H19NO4. The van der Waals surface area contributed by atoms with Gasteiger partial charge >= 0.3 is 5.97 Å². The summed E-state index contributed by atoms with van der Waals surface area (Å²) >= 11 is 0. The Balaban J connectivity index is 2.11. The number of esters is 1. The first-order valence-corrected chi connectivity index (χ1v) is 7.35. The van der Waals surface area contributed by atoms with E-state index < -0.39 is 5.97 Å². The predicted molar refractivity (Wildman–Crippen MR) is 93.2 cm³/mol. The van der Waals surface area contributed by atoms with Gasteiger partial charge < -0.3 is 14.8 Å². The molecule has 0 saturated carbocycles.